The Bertz CT molecular complexity index is 1360. The largest absolute Gasteiger partial charge is 0.480 e. The van der Waals surface area contributed by atoms with Gasteiger partial charge in [-0.1, -0.05) is 65.7 Å². The maximum atomic E-state index is 13.7. The molecule has 1 heterocycles. The predicted octanol–water partition coefficient (Wildman–Crippen LogP) is 5.04. The monoisotopic (exact) mass is 550 g/mol. The molecule has 0 radical (unpaired) electrons. The molecule has 1 saturated heterocycles. The molecule has 3 aromatic carbocycles. The lowest BCUT2D eigenvalue weighted by atomic mass is 9.92. The molecule has 0 aliphatic carbocycles. The van der Waals surface area contributed by atoms with E-state index < -0.39 is 38.8 Å². The molecule has 1 fully saturated rings. The number of hydrogen-bond acceptors (Lipinski definition) is 4. The highest BCUT2D eigenvalue weighted by Gasteiger charge is 2.45. The fourth-order valence-electron chi connectivity index (χ4n) is 4.02. The Balaban J connectivity index is 1.71. The normalized spacial score (nSPS) is 14.7. The van der Waals surface area contributed by atoms with Gasteiger partial charge in [-0.3, -0.25) is 0 Å². The molecule has 3 aromatic rings. The Morgan fingerprint density at radius 3 is 2.14 bits per heavy atom. The van der Waals surface area contributed by atoms with Crippen molar-refractivity contribution in [1.82, 2.24) is 9.21 Å². The van der Waals surface area contributed by atoms with Crippen molar-refractivity contribution < 1.29 is 27.5 Å². The first-order valence-electron chi connectivity index (χ1n) is 10.9. The molecule has 4 rings (SSSR count). The summed E-state index contributed by atoms with van der Waals surface area (Å²) >= 11 is 12.0. The van der Waals surface area contributed by atoms with Gasteiger partial charge in [-0.15, -0.1) is 0 Å². The molecule has 0 bridgehead atoms. The minimum atomic E-state index is -4.70. The molecule has 0 unspecified atom stereocenters. The van der Waals surface area contributed by atoms with E-state index in [1.54, 1.807) is 0 Å². The summed E-state index contributed by atoms with van der Waals surface area (Å²) in [7, 11) is -4.70. The van der Waals surface area contributed by atoms with Crippen molar-refractivity contribution in [2.75, 3.05) is 13.1 Å². The van der Waals surface area contributed by atoms with Gasteiger partial charge in [0.15, 0.2) is 6.04 Å². The summed E-state index contributed by atoms with van der Waals surface area (Å²) < 4.78 is 41.2. The zero-order valence-corrected chi connectivity index (χ0v) is 21.0. The van der Waals surface area contributed by atoms with E-state index in [1.807, 2.05) is 30.3 Å². The van der Waals surface area contributed by atoms with Crippen LogP contribution in [0.2, 0.25) is 10.0 Å². The molecular weight excluding hydrogens is 530 g/mol. The lowest BCUT2D eigenvalue weighted by Crippen LogP contribution is -2.59. The van der Waals surface area contributed by atoms with Gasteiger partial charge in [-0.25, -0.2) is 26.7 Å². The number of rotatable bonds is 7. The van der Waals surface area contributed by atoms with Crippen LogP contribution in [0, 0.1) is 5.82 Å². The number of carboxylic acids is 1. The number of aliphatic carboxylic acids is 1. The van der Waals surface area contributed by atoms with Crippen molar-refractivity contribution in [3.63, 3.8) is 0 Å². The average Bonchev–Trinajstić information content (AvgIpc) is 2.79. The van der Waals surface area contributed by atoms with Crippen LogP contribution in [0.25, 0.3) is 0 Å². The van der Waals surface area contributed by atoms with Gasteiger partial charge in [0.25, 0.3) is 10.0 Å². The summed E-state index contributed by atoms with van der Waals surface area (Å²) in [5.74, 6) is -2.09. The summed E-state index contributed by atoms with van der Waals surface area (Å²) in [6.07, 6.45) is -0.370. The second kappa shape index (κ2) is 10.5. The van der Waals surface area contributed by atoms with Gasteiger partial charge in [0.1, 0.15) is 5.82 Å². The van der Waals surface area contributed by atoms with Gasteiger partial charge < -0.3 is 10.0 Å². The number of halogens is 3. The number of carboxylic acid groups (broad SMARTS) is 1. The van der Waals surface area contributed by atoms with E-state index in [1.165, 1.54) is 23.1 Å². The zero-order valence-electron chi connectivity index (χ0n) is 18.7. The van der Waals surface area contributed by atoms with Crippen LogP contribution in [0.15, 0.2) is 77.7 Å². The third-order valence-electron chi connectivity index (χ3n) is 5.91. The maximum Gasteiger partial charge on any atom is 0.334 e. The molecule has 36 heavy (non-hydrogen) atoms. The number of hydrogen-bond donors (Lipinski definition) is 1. The average molecular weight is 551 g/mol. The van der Waals surface area contributed by atoms with Crippen LogP contribution in [-0.2, 0) is 21.2 Å². The van der Waals surface area contributed by atoms with Crippen LogP contribution in [0.1, 0.15) is 17.0 Å². The van der Waals surface area contributed by atoms with Gasteiger partial charge >= 0.3 is 12.0 Å². The molecular formula is C25H21Cl2FN2O5S. The van der Waals surface area contributed by atoms with E-state index in [9.17, 15) is 27.5 Å². The molecule has 1 aliphatic heterocycles. The zero-order chi connectivity index (χ0) is 26.0. The Labute approximate surface area is 217 Å². The number of carbonyl (C=O) groups is 2. The van der Waals surface area contributed by atoms with Crippen molar-refractivity contribution in [2.24, 2.45) is 0 Å². The van der Waals surface area contributed by atoms with Crippen molar-refractivity contribution in [3.8, 4) is 0 Å². The Morgan fingerprint density at radius 2 is 1.58 bits per heavy atom. The van der Waals surface area contributed by atoms with Crippen LogP contribution >= 0.6 is 23.2 Å². The molecule has 1 N–H and O–H groups in total. The number of benzene rings is 3. The van der Waals surface area contributed by atoms with E-state index in [2.05, 4.69) is 0 Å². The fourth-order valence-corrected chi connectivity index (χ4v) is 6.27. The first-order valence-corrected chi connectivity index (χ1v) is 13.1. The first-order chi connectivity index (χ1) is 17.1. The quantitative estimate of drug-likeness (QED) is 0.444. The smallest absolute Gasteiger partial charge is 0.334 e. The van der Waals surface area contributed by atoms with Crippen molar-refractivity contribution >= 4 is 45.2 Å². The van der Waals surface area contributed by atoms with Gasteiger partial charge in [-0.05, 0) is 41.5 Å². The maximum absolute atomic E-state index is 13.7. The SMILES string of the molecule is O=C(O)[C@H](Cc1ccc(F)cc1)N(C(=O)N1CC(c2ccccc2)C1)S(=O)(=O)c1cc(Cl)cc(Cl)c1. The number of carbonyl (C=O) groups excluding carboxylic acids is 1. The first kappa shape index (κ1) is 25.9. The number of amides is 2. The number of likely N-dealkylation sites (tertiary alicyclic amines) is 1. The second-order valence-corrected chi connectivity index (χ2v) is 11.1. The molecule has 1 aliphatic rings. The topological polar surface area (TPSA) is 95.0 Å². The van der Waals surface area contributed by atoms with E-state index in [4.69, 9.17) is 23.2 Å². The molecule has 1 atom stereocenters. The fraction of sp³-hybridized carbons (Fsp3) is 0.200. The molecule has 0 aromatic heterocycles. The Kier molecular flexibility index (Phi) is 7.54. The molecule has 188 valence electrons. The lowest BCUT2D eigenvalue weighted by Gasteiger charge is -2.42. The summed E-state index contributed by atoms with van der Waals surface area (Å²) in [6, 6.07) is 15.1. The van der Waals surface area contributed by atoms with Gasteiger partial charge in [0.2, 0.25) is 0 Å². The Hall–Kier alpha value is -3.14. The van der Waals surface area contributed by atoms with E-state index in [0.717, 1.165) is 29.8 Å². The highest BCUT2D eigenvalue weighted by Crippen LogP contribution is 2.32. The minimum Gasteiger partial charge on any atom is -0.480 e. The summed E-state index contributed by atoms with van der Waals surface area (Å²) in [5, 5.41) is 10.0. The number of sulfonamides is 1. The van der Waals surface area contributed by atoms with E-state index in [-0.39, 0.29) is 35.5 Å². The van der Waals surface area contributed by atoms with Crippen LogP contribution in [-0.4, -0.2) is 53.9 Å². The van der Waals surface area contributed by atoms with Crippen LogP contribution < -0.4 is 0 Å². The summed E-state index contributed by atoms with van der Waals surface area (Å²) in [6.45, 7) is 0.433. The number of nitrogens with zero attached hydrogens (tertiary/aromatic N) is 2. The highest BCUT2D eigenvalue weighted by atomic mass is 35.5. The Morgan fingerprint density at radius 1 is 1.00 bits per heavy atom. The van der Waals surface area contributed by atoms with Gasteiger partial charge in [0, 0.05) is 35.5 Å². The van der Waals surface area contributed by atoms with Crippen LogP contribution in [0.5, 0.6) is 0 Å². The van der Waals surface area contributed by atoms with Gasteiger partial charge in [-0.2, -0.15) is 0 Å². The lowest BCUT2D eigenvalue weighted by molar-refractivity contribution is -0.141. The van der Waals surface area contributed by atoms with Crippen LogP contribution in [0.3, 0.4) is 0 Å². The molecule has 0 spiro atoms. The standard InChI is InChI=1S/C25H21Cl2FN2O5S/c26-19-11-20(27)13-22(12-19)36(34,35)30(23(24(31)32)10-16-6-8-21(28)9-7-16)25(33)29-14-18(15-29)17-4-2-1-3-5-17/h1-9,11-13,18,23H,10,14-15H2,(H,31,32)/t23-/m0/s1. The van der Waals surface area contributed by atoms with Crippen LogP contribution in [0.4, 0.5) is 9.18 Å². The van der Waals surface area contributed by atoms with Crippen molar-refractivity contribution in [2.45, 2.75) is 23.3 Å². The summed E-state index contributed by atoms with van der Waals surface area (Å²) in [4.78, 5) is 26.8. The molecule has 11 heteroatoms. The number of urea groups is 1. The third-order valence-corrected chi connectivity index (χ3v) is 8.11. The van der Waals surface area contributed by atoms with Crippen molar-refractivity contribution in [3.05, 3.63) is 99.8 Å². The second-order valence-electron chi connectivity index (χ2n) is 8.39. The van der Waals surface area contributed by atoms with E-state index in [0.29, 0.717) is 9.87 Å². The predicted molar refractivity (Wildman–Crippen MR) is 133 cm³/mol. The highest BCUT2D eigenvalue weighted by molar-refractivity contribution is 7.89. The third kappa shape index (κ3) is 5.48. The summed E-state index contributed by atoms with van der Waals surface area (Å²) in [5.41, 5.74) is 1.32. The minimum absolute atomic E-state index is 0.00646. The van der Waals surface area contributed by atoms with Crippen molar-refractivity contribution in [1.29, 1.82) is 0 Å². The van der Waals surface area contributed by atoms with E-state index >= 15 is 0 Å². The molecule has 0 saturated carbocycles. The molecule has 2 amide bonds. The van der Waals surface area contributed by atoms with Gasteiger partial charge in [0.05, 0.1) is 4.90 Å². The molecule has 7 nitrogen and oxygen atoms in total.